The van der Waals surface area contributed by atoms with Crippen molar-refractivity contribution in [1.29, 1.82) is 0 Å². The Bertz CT molecular complexity index is 494. The van der Waals surface area contributed by atoms with Gasteiger partial charge in [0.1, 0.15) is 5.82 Å². The number of benzene rings is 1. The van der Waals surface area contributed by atoms with Crippen molar-refractivity contribution < 1.29 is 9.18 Å². The number of hydrogen-bond donors (Lipinski definition) is 1. The molecule has 1 aromatic carbocycles. The van der Waals surface area contributed by atoms with Gasteiger partial charge in [0.15, 0.2) is 0 Å². The minimum Gasteiger partial charge on any atom is -0.382 e. The number of amides is 1. The molecule has 1 aliphatic heterocycles. The van der Waals surface area contributed by atoms with Gasteiger partial charge >= 0.3 is 0 Å². The third kappa shape index (κ3) is 3.36. The number of carbonyl (C=O) groups is 1. The van der Waals surface area contributed by atoms with Crippen molar-refractivity contribution in [2.75, 3.05) is 11.9 Å². The summed E-state index contributed by atoms with van der Waals surface area (Å²) in [7, 11) is 0. The molecule has 4 heteroatoms. The number of nitrogens with one attached hydrogen (secondary N) is 1. The fourth-order valence-corrected chi connectivity index (χ4v) is 3.09. The summed E-state index contributed by atoms with van der Waals surface area (Å²) in [5, 5.41) is 3.06. The molecule has 1 N–H and O–H groups in total. The maximum atomic E-state index is 14.1. The van der Waals surface area contributed by atoms with Crippen LogP contribution in [0.4, 0.5) is 10.1 Å². The molecule has 0 saturated carbocycles. The Morgan fingerprint density at radius 1 is 1.33 bits per heavy atom. The smallest absolute Gasteiger partial charge is 0.256 e. The number of para-hydroxylation sites is 1. The van der Waals surface area contributed by atoms with Crippen molar-refractivity contribution in [2.24, 2.45) is 0 Å². The molecule has 2 rings (SSSR count). The number of hydrogen-bond acceptors (Lipinski definition) is 2. The largest absolute Gasteiger partial charge is 0.382 e. The first-order chi connectivity index (χ1) is 10.1. The first kappa shape index (κ1) is 15.8. The van der Waals surface area contributed by atoms with Crippen LogP contribution in [0.5, 0.6) is 0 Å². The number of likely N-dealkylation sites (tertiary alicyclic amines) is 1. The van der Waals surface area contributed by atoms with Gasteiger partial charge in [-0.05, 0) is 51.7 Å². The maximum absolute atomic E-state index is 14.1. The van der Waals surface area contributed by atoms with Crippen LogP contribution in [0.1, 0.15) is 56.8 Å². The molecule has 21 heavy (non-hydrogen) atoms. The summed E-state index contributed by atoms with van der Waals surface area (Å²) in [5.74, 6) is -0.417. The quantitative estimate of drug-likeness (QED) is 0.908. The predicted molar refractivity (Wildman–Crippen MR) is 84.1 cm³/mol. The van der Waals surface area contributed by atoms with E-state index in [1.54, 1.807) is 12.1 Å². The monoisotopic (exact) mass is 292 g/mol. The fraction of sp³-hybridized carbons (Fsp3) is 0.588. The van der Waals surface area contributed by atoms with Gasteiger partial charge in [0, 0.05) is 18.6 Å². The Kier molecular flexibility index (Phi) is 5.21. The molecule has 3 nitrogen and oxygen atoms in total. The van der Waals surface area contributed by atoms with E-state index in [1.807, 2.05) is 11.8 Å². The summed E-state index contributed by atoms with van der Waals surface area (Å²) in [4.78, 5) is 14.8. The minimum absolute atomic E-state index is 0.0622. The van der Waals surface area contributed by atoms with Crippen LogP contribution in [-0.2, 0) is 0 Å². The fourth-order valence-electron chi connectivity index (χ4n) is 3.09. The summed E-state index contributed by atoms with van der Waals surface area (Å²) in [6.45, 7) is 6.83. The van der Waals surface area contributed by atoms with Crippen molar-refractivity contribution in [3.63, 3.8) is 0 Å². The van der Waals surface area contributed by atoms with E-state index in [0.717, 1.165) is 25.7 Å². The van der Waals surface area contributed by atoms with Crippen LogP contribution in [0.2, 0.25) is 0 Å². The SMILES string of the molecule is CCCNc1c(F)cccc1C(=O)N1C(C)CCCC1C. The molecule has 1 aliphatic rings. The number of rotatable bonds is 4. The zero-order chi connectivity index (χ0) is 15.4. The molecular formula is C17H25FN2O. The van der Waals surface area contributed by atoms with E-state index in [0.29, 0.717) is 17.8 Å². The molecule has 1 aromatic rings. The van der Waals surface area contributed by atoms with Gasteiger partial charge in [0.05, 0.1) is 11.3 Å². The van der Waals surface area contributed by atoms with Crippen LogP contribution in [0, 0.1) is 5.82 Å². The zero-order valence-electron chi connectivity index (χ0n) is 13.2. The molecule has 0 bridgehead atoms. The highest BCUT2D eigenvalue weighted by Crippen LogP contribution is 2.28. The molecule has 0 aromatic heterocycles. The third-order valence-electron chi connectivity index (χ3n) is 4.22. The second-order valence-electron chi connectivity index (χ2n) is 5.93. The van der Waals surface area contributed by atoms with E-state index in [4.69, 9.17) is 0 Å². The summed E-state index contributed by atoms with van der Waals surface area (Å²) >= 11 is 0. The Morgan fingerprint density at radius 2 is 2.00 bits per heavy atom. The highest BCUT2D eigenvalue weighted by molar-refractivity contribution is 6.00. The van der Waals surface area contributed by atoms with E-state index in [-0.39, 0.29) is 23.8 Å². The molecule has 0 aliphatic carbocycles. The van der Waals surface area contributed by atoms with Gasteiger partial charge in [-0.3, -0.25) is 4.79 Å². The van der Waals surface area contributed by atoms with Crippen molar-refractivity contribution in [2.45, 2.75) is 58.5 Å². The van der Waals surface area contributed by atoms with Crippen LogP contribution in [-0.4, -0.2) is 29.4 Å². The molecule has 1 amide bonds. The van der Waals surface area contributed by atoms with Gasteiger partial charge in [-0.1, -0.05) is 13.0 Å². The lowest BCUT2D eigenvalue weighted by molar-refractivity contribution is 0.0511. The number of piperidine rings is 1. The Hall–Kier alpha value is -1.58. The lowest BCUT2D eigenvalue weighted by Crippen LogP contribution is -2.47. The number of nitrogens with zero attached hydrogens (tertiary/aromatic N) is 1. The van der Waals surface area contributed by atoms with Crippen LogP contribution >= 0.6 is 0 Å². The summed E-state index contributed by atoms with van der Waals surface area (Å²) < 4.78 is 14.1. The van der Waals surface area contributed by atoms with E-state index in [2.05, 4.69) is 19.2 Å². The average molecular weight is 292 g/mol. The average Bonchev–Trinajstić information content (AvgIpc) is 2.45. The van der Waals surface area contributed by atoms with Gasteiger partial charge in [-0.2, -0.15) is 0 Å². The second-order valence-corrected chi connectivity index (χ2v) is 5.93. The first-order valence-electron chi connectivity index (χ1n) is 7.91. The maximum Gasteiger partial charge on any atom is 0.256 e. The molecule has 2 unspecified atom stereocenters. The van der Waals surface area contributed by atoms with Gasteiger partial charge in [0.25, 0.3) is 5.91 Å². The van der Waals surface area contributed by atoms with E-state index in [9.17, 15) is 9.18 Å². The summed E-state index contributed by atoms with van der Waals surface area (Å²) in [5.41, 5.74) is 0.790. The van der Waals surface area contributed by atoms with Crippen molar-refractivity contribution in [3.05, 3.63) is 29.6 Å². The predicted octanol–water partition coefficient (Wildman–Crippen LogP) is 4.05. The number of halogens is 1. The lowest BCUT2D eigenvalue weighted by Gasteiger charge is -2.39. The van der Waals surface area contributed by atoms with Crippen LogP contribution < -0.4 is 5.32 Å². The molecule has 0 spiro atoms. The van der Waals surface area contributed by atoms with Gasteiger partial charge in [-0.25, -0.2) is 4.39 Å². The van der Waals surface area contributed by atoms with Crippen molar-refractivity contribution in [3.8, 4) is 0 Å². The third-order valence-corrected chi connectivity index (χ3v) is 4.22. The van der Waals surface area contributed by atoms with Gasteiger partial charge < -0.3 is 10.2 Å². The first-order valence-corrected chi connectivity index (χ1v) is 7.91. The topological polar surface area (TPSA) is 32.3 Å². The summed E-state index contributed by atoms with van der Waals surface area (Å²) in [6, 6.07) is 5.15. The van der Waals surface area contributed by atoms with E-state index >= 15 is 0 Å². The molecule has 116 valence electrons. The van der Waals surface area contributed by atoms with Crippen molar-refractivity contribution in [1.82, 2.24) is 4.90 Å². The number of carbonyl (C=O) groups excluding carboxylic acids is 1. The van der Waals surface area contributed by atoms with Crippen LogP contribution in [0.3, 0.4) is 0 Å². The second kappa shape index (κ2) is 6.92. The molecule has 1 heterocycles. The standard InChI is InChI=1S/C17H25FN2O/c1-4-11-19-16-14(9-6-10-15(16)18)17(21)20-12(2)7-5-8-13(20)3/h6,9-10,12-13,19H,4-5,7-8,11H2,1-3H3. The van der Waals surface area contributed by atoms with E-state index < -0.39 is 0 Å². The van der Waals surface area contributed by atoms with Crippen LogP contribution in [0.15, 0.2) is 18.2 Å². The van der Waals surface area contributed by atoms with Crippen LogP contribution in [0.25, 0.3) is 0 Å². The molecular weight excluding hydrogens is 267 g/mol. The highest BCUT2D eigenvalue weighted by atomic mass is 19.1. The Labute approximate surface area is 126 Å². The van der Waals surface area contributed by atoms with Gasteiger partial charge in [0.2, 0.25) is 0 Å². The zero-order valence-corrected chi connectivity index (χ0v) is 13.2. The lowest BCUT2D eigenvalue weighted by atomic mass is 9.96. The summed E-state index contributed by atoms with van der Waals surface area (Å²) in [6.07, 6.45) is 4.07. The minimum atomic E-state index is -0.355. The molecule has 0 radical (unpaired) electrons. The molecule has 1 saturated heterocycles. The Morgan fingerprint density at radius 3 is 2.62 bits per heavy atom. The highest BCUT2D eigenvalue weighted by Gasteiger charge is 2.31. The Balaban J connectivity index is 2.31. The molecule has 1 fully saturated rings. The molecule has 2 atom stereocenters. The number of anilines is 1. The van der Waals surface area contributed by atoms with Gasteiger partial charge in [-0.15, -0.1) is 0 Å². The van der Waals surface area contributed by atoms with Crippen molar-refractivity contribution >= 4 is 11.6 Å². The normalized spacial score (nSPS) is 22.2. The van der Waals surface area contributed by atoms with E-state index in [1.165, 1.54) is 6.07 Å².